The minimum atomic E-state index is -0.809. The molecule has 21 heavy (non-hydrogen) atoms. The number of nitrogens with zero attached hydrogens (tertiary/aromatic N) is 1. The monoisotopic (exact) mass is 291 g/mol. The minimum absolute atomic E-state index is 0.0583. The third-order valence-corrected chi connectivity index (χ3v) is 3.85. The van der Waals surface area contributed by atoms with Gasteiger partial charge in [-0.15, -0.1) is 0 Å². The molecule has 0 heterocycles. The molecule has 1 saturated carbocycles. The molecule has 0 aliphatic heterocycles. The Kier molecular flexibility index (Phi) is 5.62. The van der Waals surface area contributed by atoms with Gasteiger partial charge < -0.3 is 9.84 Å². The molecule has 1 aromatic rings. The average molecular weight is 291 g/mol. The van der Waals surface area contributed by atoms with Crippen LogP contribution in [0.4, 0.5) is 0 Å². The summed E-state index contributed by atoms with van der Waals surface area (Å²) in [6.45, 7) is 7.24. The molecule has 4 heteroatoms. The molecule has 1 aromatic carbocycles. The summed E-state index contributed by atoms with van der Waals surface area (Å²) in [6.07, 6.45) is 2.80. The summed E-state index contributed by atoms with van der Waals surface area (Å²) < 4.78 is 5.76. The second-order valence-electron chi connectivity index (χ2n) is 6.09. The number of carboxylic acids is 1. The Balaban J connectivity index is 1.74. The van der Waals surface area contributed by atoms with E-state index in [0.29, 0.717) is 12.6 Å². The highest BCUT2D eigenvalue weighted by atomic mass is 16.5. The molecule has 1 aliphatic rings. The summed E-state index contributed by atoms with van der Waals surface area (Å²) in [5.41, 5.74) is 0.799. The quantitative estimate of drug-likeness (QED) is 0.760. The van der Waals surface area contributed by atoms with Gasteiger partial charge in [0.1, 0.15) is 12.4 Å². The van der Waals surface area contributed by atoms with E-state index in [-0.39, 0.29) is 6.42 Å². The minimum Gasteiger partial charge on any atom is -0.492 e. The normalized spacial score (nSPS) is 14.7. The molecule has 1 fully saturated rings. The standard InChI is InChI=1S/C17H25NO3/c1-13(2)18(12-15-3-4-15)9-10-21-16-7-5-14(6-8-16)11-17(19)20/h5-8,13,15H,3-4,9-12H2,1-2H3,(H,19,20). The fourth-order valence-electron chi connectivity index (χ4n) is 2.35. The van der Waals surface area contributed by atoms with Gasteiger partial charge in [-0.1, -0.05) is 12.1 Å². The SMILES string of the molecule is CC(C)N(CCOc1ccc(CC(=O)O)cc1)CC1CC1. The highest BCUT2D eigenvalue weighted by molar-refractivity contribution is 5.70. The van der Waals surface area contributed by atoms with Crippen molar-refractivity contribution in [2.24, 2.45) is 5.92 Å². The van der Waals surface area contributed by atoms with E-state index in [1.807, 2.05) is 24.3 Å². The fraction of sp³-hybridized carbons (Fsp3) is 0.588. The summed E-state index contributed by atoms with van der Waals surface area (Å²) in [5, 5.41) is 8.73. The maximum atomic E-state index is 10.6. The molecule has 0 radical (unpaired) electrons. The molecule has 0 aromatic heterocycles. The maximum Gasteiger partial charge on any atom is 0.307 e. The van der Waals surface area contributed by atoms with Crippen molar-refractivity contribution in [2.45, 2.75) is 39.2 Å². The van der Waals surface area contributed by atoms with E-state index in [1.54, 1.807) is 0 Å². The van der Waals surface area contributed by atoms with Crippen molar-refractivity contribution in [1.29, 1.82) is 0 Å². The van der Waals surface area contributed by atoms with Gasteiger partial charge >= 0.3 is 5.97 Å². The van der Waals surface area contributed by atoms with Crippen LogP contribution in [0.3, 0.4) is 0 Å². The van der Waals surface area contributed by atoms with Gasteiger partial charge in [0, 0.05) is 19.1 Å². The summed E-state index contributed by atoms with van der Waals surface area (Å²) in [4.78, 5) is 13.1. The number of benzene rings is 1. The lowest BCUT2D eigenvalue weighted by Crippen LogP contribution is -2.36. The summed E-state index contributed by atoms with van der Waals surface area (Å²) in [6, 6.07) is 7.87. The summed E-state index contributed by atoms with van der Waals surface area (Å²) >= 11 is 0. The Labute approximate surface area is 126 Å². The smallest absolute Gasteiger partial charge is 0.307 e. The number of carboxylic acid groups (broad SMARTS) is 1. The zero-order valence-corrected chi connectivity index (χ0v) is 12.9. The fourth-order valence-corrected chi connectivity index (χ4v) is 2.35. The van der Waals surface area contributed by atoms with E-state index in [4.69, 9.17) is 9.84 Å². The third kappa shape index (κ3) is 5.76. The largest absolute Gasteiger partial charge is 0.492 e. The van der Waals surface area contributed by atoms with Gasteiger partial charge in [0.05, 0.1) is 6.42 Å². The second kappa shape index (κ2) is 7.46. The molecule has 0 atom stereocenters. The molecular weight excluding hydrogens is 266 g/mol. The highest BCUT2D eigenvalue weighted by Crippen LogP contribution is 2.30. The molecule has 0 saturated heterocycles. The van der Waals surface area contributed by atoms with E-state index < -0.39 is 5.97 Å². The van der Waals surface area contributed by atoms with Crippen LogP contribution in [0.1, 0.15) is 32.3 Å². The number of ether oxygens (including phenoxy) is 1. The summed E-state index contributed by atoms with van der Waals surface area (Å²) in [7, 11) is 0. The number of hydrogen-bond acceptors (Lipinski definition) is 3. The van der Waals surface area contributed by atoms with Gasteiger partial charge in [-0.3, -0.25) is 9.69 Å². The second-order valence-corrected chi connectivity index (χ2v) is 6.09. The van der Waals surface area contributed by atoms with Gasteiger partial charge in [-0.05, 0) is 50.3 Å². The third-order valence-electron chi connectivity index (χ3n) is 3.85. The van der Waals surface area contributed by atoms with Crippen molar-refractivity contribution < 1.29 is 14.6 Å². The summed E-state index contributed by atoms with van der Waals surface area (Å²) in [5.74, 6) is 0.887. The van der Waals surface area contributed by atoms with Crippen molar-refractivity contribution >= 4 is 5.97 Å². The Hall–Kier alpha value is -1.55. The predicted octanol–water partition coefficient (Wildman–Crippen LogP) is 2.81. The molecule has 0 unspecified atom stereocenters. The Bertz CT molecular complexity index is 452. The molecule has 116 valence electrons. The van der Waals surface area contributed by atoms with Gasteiger partial charge in [-0.2, -0.15) is 0 Å². The molecule has 0 spiro atoms. The van der Waals surface area contributed by atoms with Crippen molar-refractivity contribution in [3.8, 4) is 5.75 Å². The predicted molar refractivity (Wildman–Crippen MR) is 82.7 cm³/mol. The van der Waals surface area contributed by atoms with E-state index >= 15 is 0 Å². The van der Waals surface area contributed by atoms with E-state index in [1.165, 1.54) is 19.4 Å². The molecule has 0 amide bonds. The van der Waals surface area contributed by atoms with E-state index in [9.17, 15) is 4.79 Å². The Morgan fingerprint density at radius 2 is 2.00 bits per heavy atom. The van der Waals surface area contributed by atoms with Crippen molar-refractivity contribution in [3.63, 3.8) is 0 Å². The lowest BCUT2D eigenvalue weighted by atomic mass is 10.1. The lowest BCUT2D eigenvalue weighted by Gasteiger charge is -2.26. The van der Waals surface area contributed by atoms with Crippen LogP contribution in [-0.4, -0.2) is 41.7 Å². The van der Waals surface area contributed by atoms with Crippen LogP contribution >= 0.6 is 0 Å². The first-order valence-electron chi connectivity index (χ1n) is 7.72. The van der Waals surface area contributed by atoms with Crippen LogP contribution < -0.4 is 4.74 Å². The van der Waals surface area contributed by atoms with E-state index in [2.05, 4.69) is 18.7 Å². The zero-order chi connectivity index (χ0) is 15.2. The van der Waals surface area contributed by atoms with Crippen LogP contribution in [-0.2, 0) is 11.2 Å². The van der Waals surface area contributed by atoms with Crippen molar-refractivity contribution in [2.75, 3.05) is 19.7 Å². The Morgan fingerprint density at radius 1 is 1.33 bits per heavy atom. The van der Waals surface area contributed by atoms with Crippen LogP contribution in [0.15, 0.2) is 24.3 Å². The molecular formula is C17H25NO3. The molecule has 2 rings (SSSR count). The number of rotatable bonds is 9. The van der Waals surface area contributed by atoms with Crippen LogP contribution in [0.2, 0.25) is 0 Å². The van der Waals surface area contributed by atoms with Gasteiger partial charge in [0.15, 0.2) is 0 Å². The number of hydrogen-bond donors (Lipinski definition) is 1. The van der Waals surface area contributed by atoms with Crippen LogP contribution in [0, 0.1) is 5.92 Å². The molecule has 1 aliphatic carbocycles. The zero-order valence-electron chi connectivity index (χ0n) is 12.9. The number of carbonyl (C=O) groups is 1. The van der Waals surface area contributed by atoms with E-state index in [0.717, 1.165) is 23.8 Å². The van der Waals surface area contributed by atoms with Crippen molar-refractivity contribution in [3.05, 3.63) is 29.8 Å². The highest BCUT2D eigenvalue weighted by Gasteiger charge is 2.25. The molecule has 4 nitrogen and oxygen atoms in total. The average Bonchev–Trinajstić information content (AvgIpc) is 3.23. The topological polar surface area (TPSA) is 49.8 Å². The first-order valence-corrected chi connectivity index (χ1v) is 7.72. The Morgan fingerprint density at radius 3 is 2.52 bits per heavy atom. The maximum absolute atomic E-state index is 10.6. The van der Waals surface area contributed by atoms with Gasteiger partial charge in [-0.25, -0.2) is 0 Å². The number of aliphatic carboxylic acids is 1. The molecule has 0 bridgehead atoms. The van der Waals surface area contributed by atoms with Crippen LogP contribution in [0.5, 0.6) is 5.75 Å². The van der Waals surface area contributed by atoms with Crippen LogP contribution in [0.25, 0.3) is 0 Å². The van der Waals surface area contributed by atoms with Gasteiger partial charge in [0.25, 0.3) is 0 Å². The first-order chi connectivity index (χ1) is 10.0. The van der Waals surface area contributed by atoms with Crippen molar-refractivity contribution in [1.82, 2.24) is 4.90 Å². The van der Waals surface area contributed by atoms with Gasteiger partial charge in [0.2, 0.25) is 0 Å². The lowest BCUT2D eigenvalue weighted by molar-refractivity contribution is -0.136. The first kappa shape index (κ1) is 15.8. The molecule has 1 N–H and O–H groups in total.